The van der Waals surface area contributed by atoms with Crippen LogP contribution in [0.15, 0.2) is 159 Å². The monoisotopic (exact) mass is 700 g/mol. The molecular formula is C51H40OS. The molecular weight excluding hydrogens is 661 g/mol. The highest BCUT2D eigenvalue weighted by Crippen LogP contribution is 2.49. The standard InChI is InChI=1S/C51H40OS/c1-30(22-23-36-26-35-25-33-27-43-38-15-11-13-21-46(38)52-47(43)28-34(33)29-48(35)53-36)49-39-16-6-8-18-41(39)50(42-19-9-7-17-40(42)49)31(2)24-45-32(3)37-14-10-12-20-44(37)51(45,4)5/h6-25,27-29H,26H2,1-5H3/b30-22+,31-24+,36-23+. The van der Waals surface area contributed by atoms with Gasteiger partial charge in [-0.15, -0.1) is 0 Å². The molecule has 0 radical (unpaired) electrons. The van der Waals surface area contributed by atoms with Gasteiger partial charge in [-0.2, -0.15) is 0 Å². The molecule has 0 amide bonds. The highest BCUT2D eigenvalue weighted by atomic mass is 32.2. The van der Waals surface area contributed by atoms with Gasteiger partial charge in [-0.05, 0) is 138 Å². The fraction of sp³-hybridized carbons (Fsp3) is 0.137. The quantitative estimate of drug-likeness (QED) is 0.170. The number of thioether (sulfide) groups is 1. The Morgan fingerprint density at radius 3 is 1.94 bits per heavy atom. The van der Waals surface area contributed by atoms with Crippen molar-refractivity contribution in [1.82, 2.24) is 0 Å². The van der Waals surface area contributed by atoms with Crippen molar-refractivity contribution in [3.8, 4) is 0 Å². The summed E-state index contributed by atoms with van der Waals surface area (Å²) in [5, 5.41) is 10.1. The highest BCUT2D eigenvalue weighted by molar-refractivity contribution is 8.03. The lowest BCUT2D eigenvalue weighted by molar-refractivity contribution is 0.654. The minimum atomic E-state index is -0.0500. The second-order valence-corrected chi connectivity index (χ2v) is 16.6. The SMILES string of the molecule is CC1=C(/C=C(\C)c2c3ccccc3c(/C(C)=C/C=C3\Cc4cc5cc6c(cc5cc4S3)oc3ccccc36)c3ccccc23)C(C)(C)c2ccccc21. The van der Waals surface area contributed by atoms with E-state index in [-0.39, 0.29) is 5.41 Å². The van der Waals surface area contributed by atoms with Gasteiger partial charge in [0.05, 0.1) is 0 Å². The molecule has 53 heavy (non-hydrogen) atoms. The summed E-state index contributed by atoms with van der Waals surface area (Å²) < 4.78 is 6.21. The summed E-state index contributed by atoms with van der Waals surface area (Å²) in [5.74, 6) is 0. The van der Waals surface area contributed by atoms with Crippen molar-refractivity contribution in [2.45, 2.75) is 51.3 Å². The average molecular weight is 701 g/mol. The van der Waals surface area contributed by atoms with Gasteiger partial charge in [-0.3, -0.25) is 0 Å². The van der Waals surface area contributed by atoms with E-state index in [1.807, 2.05) is 17.8 Å². The van der Waals surface area contributed by atoms with Crippen molar-refractivity contribution in [2.75, 3.05) is 0 Å². The second kappa shape index (κ2) is 12.0. The Labute approximate surface area is 315 Å². The Bertz CT molecular complexity index is 2940. The molecule has 0 N–H and O–H groups in total. The Balaban J connectivity index is 1.04. The third-order valence-electron chi connectivity index (χ3n) is 11.8. The van der Waals surface area contributed by atoms with Crippen LogP contribution in [0.25, 0.3) is 71.0 Å². The number of rotatable bonds is 4. The second-order valence-electron chi connectivity index (χ2n) is 15.4. The zero-order valence-corrected chi connectivity index (χ0v) is 31.6. The number of hydrogen-bond acceptors (Lipinski definition) is 2. The zero-order valence-electron chi connectivity index (χ0n) is 30.8. The highest BCUT2D eigenvalue weighted by Gasteiger charge is 2.35. The number of benzene rings is 7. The van der Waals surface area contributed by atoms with Crippen molar-refractivity contribution in [3.63, 3.8) is 0 Å². The summed E-state index contributed by atoms with van der Waals surface area (Å²) in [6, 6.07) is 44.5. The van der Waals surface area contributed by atoms with Gasteiger partial charge < -0.3 is 4.42 Å². The van der Waals surface area contributed by atoms with Gasteiger partial charge in [0.15, 0.2) is 0 Å². The molecule has 1 aliphatic carbocycles. The van der Waals surface area contributed by atoms with Crippen LogP contribution in [0.2, 0.25) is 0 Å². The molecule has 0 spiro atoms. The predicted molar refractivity (Wildman–Crippen MR) is 230 cm³/mol. The van der Waals surface area contributed by atoms with Gasteiger partial charge in [-0.1, -0.05) is 135 Å². The average Bonchev–Trinajstić information content (AvgIpc) is 3.80. The largest absolute Gasteiger partial charge is 0.456 e. The summed E-state index contributed by atoms with van der Waals surface area (Å²) in [4.78, 5) is 2.71. The van der Waals surface area contributed by atoms with E-state index in [1.165, 1.54) is 103 Å². The van der Waals surface area contributed by atoms with Crippen LogP contribution in [0, 0.1) is 0 Å². The van der Waals surface area contributed by atoms with E-state index in [0.29, 0.717) is 0 Å². The molecule has 1 aliphatic heterocycles. The fourth-order valence-corrected chi connectivity index (χ4v) is 10.3. The first kappa shape index (κ1) is 32.1. The summed E-state index contributed by atoms with van der Waals surface area (Å²) in [6.07, 6.45) is 8.11. The van der Waals surface area contributed by atoms with E-state index in [0.717, 1.165) is 17.6 Å². The molecule has 7 aromatic carbocycles. The van der Waals surface area contributed by atoms with Crippen molar-refractivity contribution >= 4 is 82.7 Å². The maximum atomic E-state index is 6.21. The van der Waals surface area contributed by atoms with Crippen LogP contribution in [-0.2, 0) is 11.8 Å². The molecule has 8 aromatic rings. The Kier molecular flexibility index (Phi) is 7.26. The van der Waals surface area contributed by atoms with Crippen LogP contribution in [0.3, 0.4) is 0 Å². The van der Waals surface area contributed by atoms with Crippen molar-refractivity contribution < 1.29 is 4.42 Å². The zero-order chi connectivity index (χ0) is 36.0. The van der Waals surface area contributed by atoms with Crippen LogP contribution in [-0.4, -0.2) is 0 Å². The summed E-state index contributed by atoms with van der Waals surface area (Å²) in [5.41, 5.74) is 14.0. The van der Waals surface area contributed by atoms with E-state index in [9.17, 15) is 0 Å². The molecule has 0 saturated carbocycles. The minimum absolute atomic E-state index is 0.0500. The van der Waals surface area contributed by atoms with Crippen LogP contribution >= 0.6 is 11.8 Å². The van der Waals surface area contributed by atoms with Crippen molar-refractivity contribution in [1.29, 1.82) is 0 Å². The molecule has 0 bridgehead atoms. The lowest BCUT2D eigenvalue weighted by Gasteiger charge is -2.24. The van der Waals surface area contributed by atoms with Crippen molar-refractivity contribution in [2.24, 2.45) is 0 Å². The van der Waals surface area contributed by atoms with Crippen LogP contribution in [0.4, 0.5) is 0 Å². The lowest BCUT2D eigenvalue weighted by atomic mass is 9.79. The maximum absolute atomic E-state index is 6.21. The third kappa shape index (κ3) is 5.00. The molecule has 0 fully saturated rings. The number of para-hydroxylation sites is 1. The first-order chi connectivity index (χ1) is 25.8. The molecule has 1 aromatic heterocycles. The predicted octanol–water partition coefficient (Wildman–Crippen LogP) is 14.8. The molecule has 2 heteroatoms. The Morgan fingerprint density at radius 2 is 1.25 bits per heavy atom. The van der Waals surface area contributed by atoms with Gasteiger partial charge in [-0.25, -0.2) is 0 Å². The topological polar surface area (TPSA) is 13.1 Å². The molecule has 2 heterocycles. The number of allylic oxidation sites excluding steroid dienone is 8. The summed E-state index contributed by atoms with van der Waals surface area (Å²) in [6.45, 7) is 11.6. The Morgan fingerprint density at radius 1 is 0.642 bits per heavy atom. The van der Waals surface area contributed by atoms with Crippen LogP contribution < -0.4 is 0 Å². The molecule has 256 valence electrons. The molecule has 0 unspecified atom stereocenters. The van der Waals surface area contributed by atoms with Gasteiger partial charge in [0.2, 0.25) is 0 Å². The van der Waals surface area contributed by atoms with E-state index < -0.39 is 0 Å². The van der Waals surface area contributed by atoms with E-state index in [4.69, 9.17) is 4.42 Å². The van der Waals surface area contributed by atoms with Gasteiger partial charge >= 0.3 is 0 Å². The van der Waals surface area contributed by atoms with Crippen LogP contribution in [0.5, 0.6) is 0 Å². The first-order valence-electron chi connectivity index (χ1n) is 18.6. The maximum Gasteiger partial charge on any atom is 0.136 e. The van der Waals surface area contributed by atoms with Crippen LogP contribution in [0.1, 0.15) is 62.4 Å². The smallest absolute Gasteiger partial charge is 0.136 e. The van der Waals surface area contributed by atoms with Crippen molar-refractivity contribution in [3.05, 3.63) is 178 Å². The van der Waals surface area contributed by atoms with E-state index in [1.54, 1.807) is 0 Å². The molecule has 10 rings (SSSR count). The molecule has 2 aliphatic rings. The first-order valence-corrected chi connectivity index (χ1v) is 19.4. The lowest BCUT2D eigenvalue weighted by Crippen LogP contribution is -2.16. The fourth-order valence-electron chi connectivity index (χ4n) is 9.21. The number of furan rings is 1. The van der Waals surface area contributed by atoms with Gasteiger partial charge in [0.1, 0.15) is 11.2 Å². The van der Waals surface area contributed by atoms with E-state index >= 15 is 0 Å². The van der Waals surface area contributed by atoms with E-state index in [2.05, 4.69) is 168 Å². The summed E-state index contributed by atoms with van der Waals surface area (Å²) >= 11 is 1.90. The molecule has 1 nitrogen and oxygen atoms in total. The summed E-state index contributed by atoms with van der Waals surface area (Å²) in [7, 11) is 0. The van der Waals surface area contributed by atoms with Gasteiger partial charge in [0, 0.05) is 27.5 Å². The molecule has 0 saturated heterocycles. The molecule has 0 atom stereocenters. The number of fused-ring (bicyclic) bond motifs is 8. The third-order valence-corrected chi connectivity index (χ3v) is 12.9. The van der Waals surface area contributed by atoms with Gasteiger partial charge in [0.25, 0.3) is 0 Å². The minimum Gasteiger partial charge on any atom is -0.456 e. The Hall–Kier alpha value is -5.57. The normalized spacial score (nSPS) is 16.6. The number of hydrogen-bond donors (Lipinski definition) is 0.